The van der Waals surface area contributed by atoms with E-state index in [9.17, 15) is 0 Å². The highest BCUT2D eigenvalue weighted by molar-refractivity contribution is 5.45. The van der Waals surface area contributed by atoms with E-state index in [0.29, 0.717) is 12.5 Å². The molecule has 0 radical (unpaired) electrons. The Bertz CT molecular complexity index is 320. The van der Waals surface area contributed by atoms with Crippen LogP contribution in [-0.4, -0.2) is 13.7 Å². The Morgan fingerprint density at radius 2 is 2.00 bits per heavy atom. The molecule has 78 valence electrons. The zero-order valence-electron chi connectivity index (χ0n) is 9.42. The maximum atomic E-state index is 5.67. The molecule has 0 saturated carbocycles. The van der Waals surface area contributed by atoms with Gasteiger partial charge in [-0.25, -0.2) is 0 Å². The monoisotopic (exact) mass is 193 g/mol. The summed E-state index contributed by atoms with van der Waals surface area (Å²) in [6.07, 6.45) is 0. The fourth-order valence-corrected chi connectivity index (χ4v) is 1.76. The molecule has 14 heavy (non-hydrogen) atoms. The molecular formula is C12H19NO. The fraction of sp³-hybridized carbons (Fsp3) is 0.500. The van der Waals surface area contributed by atoms with Gasteiger partial charge in [0.25, 0.3) is 0 Å². The van der Waals surface area contributed by atoms with Crippen LogP contribution in [0.4, 0.5) is 0 Å². The minimum absolute atomic E-state index is 0.351. The summed E-state index contributed by atoms with van der Waals surface area (Å²) in [4.78, 5) is 0. The third kappa shape index (κ3) is 2.07. The topological polar surface area (TPSA) is 35.2 Å². The van der Waals surface area contributed by atoms with Crippen molar-refractivity contribution < 1.29 is 4.74 Å². The van der Waals surface area contributed by atoms with Crippen molar-refractivity contribution in [1.29, 1.82) is 0 Å². The quantitative estimate of drug-likeness (QED) is 0.800. The first-order valence-corrected chi connectivity index (χ1v) is 4.95. The van der Waals surface area contributed by atoms with Crippen LogP contribution in [-0.2, 0) is 0 Å². The Kier molecular flexibility index (Phi) is 3.53. The summed E-state index contributed by atoms with van der Waals surface area (Å²) in [5.74, 6) is 1.33. The molecule has 0 fully saturated rings. The molecule has 0 bridgehead atoms. The summed E-state index contributed by atoms with van der Waals surface area (Å²) >= 11 is 0. The number of benzene rings is 1. The van der Waals surface area contributed by atoms with Crippen LogP contribution in [0, 0.1) is 13.8 Å². The fourth-order valence-electron chi connectivity index (χ4n) is 1.76. The van der Waals surface area contributed by atoms with E-state index < -0.39 is 0 Å². The van der Waals surface area contributed by atoms with Crippen molar-refractivity contribution in [2.24, 2.45) is 5.73 Å². The predicted octanol–water partition coefficient (Wildman–Crippen LogP) is 2.37. The molecule has 0 amide bonds. The molecular weight excluding hydrogens is 174 g/mol. The molecule has 0 heterocycles. The smallest absolute Gasteiger partial charge is 0.125 e. The maximum absolute atomic E-state index is 5.67. The molecule has 1 atom stereocenters. The van der Waals surface area contributed by atoms with Crippen molar-refractivity contribution in [1.82, 2.24) is 0 Å². The summed E-state index contributed by atoms with van der Waals surface area (Å²) in [6.45, 7) is 6.94. The van der Waals surface area contributed by atoms with E-state index in [-0.39, 0.29) is 0 Å². The Balaban J connectivity index is 3.24. The van der Waals surface area contributed by atoms with E-state index in [1.807, 2.05) is 0 Å². The number of hydrogen-bond donors (Lipinski definition) is 1. The average molecular weight is 193 g/mol. The molecule has 2 N–H and O–H groups in total. The van der Waals surface area contributed by atoms with Crippen LogP contribution >= 0.6 is 0 Å². The summed E-state index contributed by atoms with van der Waals surface area (Å²) < 4.78 is 5.40. The Labute approximate surface area is 86.1 Å². The van der Waals surface area contributed by atoms with E-state index in [2.05, 4.69) is 32.9 Å². The van der Waals surface area contributed by atoms with Gasteiger partial charge >= 0.3 is 0 Å². The zero-order chi connectivity index (χ0) is 10.7. The maximum Gasteiger partial charge on any atom is 0.125 e. The first-order chi connectivity index (χ1) is 6.60. The highest BCUT2D eigenvalue weighted by Gasteiger charge is 2.12. The largest absolute Gasteiger partial charge is 0.496 e. The Morgan fingerprint density at radius 1 is 1.36 bits per heavy atom. The van der Waals surface area contributed by atoms with Gasteiger partial charge in [-0.1, -0.05) is 24.6 Å². The number of nitrogens with two attached hydrogens (primary N) is 1. The van der Waals surface area contributed by atoms with Crippen LogP contribution < -0.4 is 10.5 Å². The lowest BCUT2D eigenvalue weighted by atomic mass is 9.96. The van der Waals surface area contributed by atoms with Crippen LogP contribution in [0.2, 0.25) is 0 Å². The number of methoxy groups -OCH3 is 1. The normalized spacial score (nSPS) is 12.6. The van der Waals surface area contributed by atoms with Crippen molar-refractivity contribution in [3.63, 3.8) is 0 Å². The second kappa shape index (κ2) is 4.47. The lowest BCUT2D eigenvalue weighted by molar-refractivity contribution is 0.403. The summed E-state index contributed by atoms with van der Waals surface area (Å²) in [5.41, 5.74) is 9.33. The standard InChI is InChI=1S/C12H19NO/c1-8-5-9(2)12(14-4)11(6-8)10(3)7-13/h5-6,10H,7,13H2,1-4H3. The molecule has 0 aromatic heterocycles. The molecule has 2 heteroatoms. The van der Waals surface area contributed by atoms with E-state index in [1.54, 1.807) is 7.11 Å². The van der Waals surface area contributed by atoms with Gasteiger partial charge in [-0.3, -0.25) is 0 Å². The van der Waals surface area contributed by atoms with Gasteiger partial charge in [-0.15, -0.1) is 0 Å². The Morgan fingerprint density at radius 3 is 2.50 bits per heavy atom. The molecule has 0 aliphatic rings. The first kappa shape index (κ1) is 11.1. The summed E-state index contributed by atoms with van der Waals surface area (Å²) in [5, 5.41) is 0. The zero-order valence-corrected chi connectivity index (χ0v) is 9.42. The van der Waals surface area contributed by atoms with Gasteiger partial charge in [0, 0.05) is 0 Å². The van der Waals surface area contributed by atoms with E-state index >= 15 is 0 Å². The lowest BCUT2D eigenvalue weighted by Crippen LogP contribution is -2.10. The third-order valence-corrected chi connectivity index (χ3v) is 2.54. The van der Waals surface area contributed by atoms with Crippen molar-refractivity contribution in [2.75, 3.05) is 13.7 Å². The molecule has 0 spiro atoms. The second-order valence-electron chi connectivity index (χ2n) is 3.84. The summed E-state index contributed by atoms with van der Waals surface area (Å²) in [6, 6.07) is 4.29. The third-order valence-electron chi connectivity index (χ3n) is 2.54. The predicted molar refractivity (Wildman–Crippen MR) is 59.9 cm³/mol. The number of rotatable bonds is 3. The van der Waals surface area contributed by atoms with Crippen molar-refractivity contribution >= 4 is 0 Å². The average Bonchev–Trinajstić information content (AvgIpc) is 2.15. The van der Waals surface area contributed by atoms with Gasteiger partial charge < -0.3 is 10.5 Å². The lowest BCUT2D eigenvalue weighted by Gasteiger charge is -2.17. The van der Waals surface area contributed by atoms with E-state index in [0.717, 1.165) is 5.75 Å². The molecule has 1 rings (SSSR count). The first-order valence-electron chi connectivity index (χ1n) is 4.95. The molecule has 2 nitrogen and oxygen atoms in total. The second-order valence-corrected chi connectivity index (χ2v) is 3.84. The number of aryl methyl sites for hydroxylation is 2. The van der Waals surface area contributed by atoms with Gasteiger partial charge in [0.15, 0.2) is 0 Å². The van der Waals surface area contributed by atoms with Crippen molar-refractivity contribution in [2.45, 2.75) is 26.7 Å². The van der Waals surface area contributed by atoms with Gasteiger partial charge in [-0.05, 0) is 37.4 Å². The van der Waals surface area contributed by atoms with E-state index in [4.69, 9.17) is 10.5 Å². The molecule has 1 unspecified atom stereocenters. The van der Waals surface area contributed by atoms with Crippen LogP contribution in [0.3, 0.4) is 0 Å². The van der Waals surface area contributed by atoms with Gasteiger partial charge in [0.05, 0.1) is 7.11 Å². The van der Waals surface area contributed by atoms with Crippen molar-refractivity contribution in [3.05, 3.63) is 28.8 Å². The summed E-state index contributed by atoms with van der Waals surface area (Å²) in [7, 11) is 1.71. The molecule has 1 aromatic carbocycles. The van der Waals surface area contributed by atoms with Crippen LogP contribution in [0.15, 0.2) is 12.1 Å². The highest BCUT2D eigenvalue weighted by Crippen LogP contribution is 2.30. The van der Waals surface area contributed by atoms with Crippen LogP contribution in [0.25, 0.3) is 0 Å². The minimum Gasteiger partial charge on any atom is -0.496 e. The molecule has 0 aliphatic carbocycles. The van der Waals surface area contributed by atoms with Crippen molar-refractivity contribution in [3.8, 4) is 5.75 Å². The number of hydrogen-bond acceptors (Lipinski definition) is 2. The SMILES string of the molecule is COc1c(C)cc(C)cc1C(C)CN. The molecule has 0 aliphatic heterocycles. The van der Waals surface area contributed by atoms with E-state index in [1.165, 1.54) is 16.7 Å². The highest BCUT2D eigenvalue weighted by atomic mass is 16.5. The molecule has 1 aromatic rings. The van der Waals surface area contributed by atoms with Gasteiger partial charge in [0.2, 0.25) is 0 Å². The van der Waals surface area contributed by atoms with Gasteiger partial charge in [-0.2, -0.15) is 0 Å². The van der Waals surface area contributed by atoms with Crippen LogP contribution in [0.5, 0.6) is 5.75 Å². The Hall–Kier alpha value is -1.02. The van der Waals surface area contributed by atoms with Crippen LogP contribution in [0.1, 0.15) is 29.5 Å². The minimum atomic E-state index is 0.351. The number of ether oxygens (including phenoxy) is 1. The van der Waals surface area contributed by atoms with Gasteiger partial charge in [0.1, 0.15) is 5.75 Å². The molecule has 0 saturated heterocycles.